The van der Waals surface area contributed by atoms with E-state index >= 15 is 0 Å². The van der Waals surface area contributed by atoms with E-state index in [0.29, 0.717) is 0 Å². The molecular weight excluding hydrogens is 344 g/mol. The molecule has 3 N–H and O–H groups in total. The van der Waals surface area contributed by atoms with E-state index in [0.717, 1.165) is 38.9 Å². The number of rotatable bonds is 5. The van der Waals surface area contributed by atoms with Gasteiger partial charge in [-0.15, -0.1) is 11.3 Å². The molecule has 1 amide bonds. The molecule has 0 bridgehead atoms. The molecule has 2 aliphatic heterocycles. The fraction of sp³-hybridized carbons (Fsp3) is 0.450. The number of amides is 1. The summed E-state index contributed by atoms with van der Waals surface area (Å²) in [6.45, 7) is 2.84. The van der Waals surface area contributed by atoms with Crippen molar-refractivity contribution in [3.05, 3.63) is 58.3 Å². The van der Waals surface area contributed by atoms with Gasteiger partial charge >= 0.3 is 0 Å². The highest BCUT2D eigenvalue weighted by Crippen LogP contribution is 2.26. The number of piperidine rings is 1. The molecule has 138 valence electrons. The summed E-state index contributed by atoms with van der Waals surface area (Å²) in [6, 6.07) is 15.0. The molecule has 3 heterocycles. The third-order valence-corrected chi connectivity index (χ3v) is 6.22. The number of likely N-dealkylation sites (tertiary alicyclic amines) is 1. The third-order valence-electron chi connectivity index (χ3n) is 5.23. The fourth-order valence-electron chi connectivity index (χ4n) is 3.87. The lowest BCUT2D eigenvalue weighted by Crippen LogP contribution is -2.49. The zero-order valence-electron chi connectivity index (χ0n) is 14.9. The van der Waals surface area contributed by atoms with E-state index in [4.69, 9.17) is 0 Å². The molecule has 2 aliphatic rings. The van der Waals surface area contributed by atoms with Gasteiger partial charge in [-0.1, -0.05) is 36.4 Å². The van der Waals surface area contributed by atoms with E-state index in [9.17, 15) is 4.79 Å². The molecule has 1 aromatic heterocycles. The first-order valence-corrected chi connectivity index (χ1v) is 10.3. The second-order valence-corrected chi connectivity index (χ2v) is 8.19. The van der Waals surface area contributed by atoms with E-state index in [1.165, 1.54) is 10.4 Å². The Kier molecular flexibility index (Phi) is 5.65. The Morgan fingerprint density at radius 2 is 2.08 bits per heavy atom. The Labute approximate surface area is 158 Å². The Bertz CT molecular complexity index is 706. The standard InChI is InChI=1S/C20H26N4OS/c25-20(21-19-12-17(22-23-19)18-9-5-11-26-18)16-8-4-10-24(14-16)13-15-6-2-1-3-7-15/h1-3,5-7,9,11,16-17,19,22-23H,4,8,10,12-14H2,(H,21,25). The third kappa shape index (κ3) is 4.32. The number of hydrazine groups is 1. The molecule has 6 heteroatoms. The number of benzene rings is 1. The molecule has 0 saturated carbocycles. The lowest BCUT2D eigenvalue weighted by molar-refractivity contribution is -0.127. The molecule has 0 radical (unpaired) electrons. The van der Waals surface area contributed by atoms with Crippen LogP contribution in [0.15, 0.2) is 47.8 Å². The van der Waals surface area contributed by atoms with Crippen molar-refractivity contribution in [2.45, 2.75) is 38.0 Å². The van der Waals surface area contributed by atoms with Gasteiger partial charge in [0.15, 0.2) is 0 Å². The van der Waals surface area contributed by atoms with Crippen LogP contribution in [0.5, 0.6) is 0 Å². The molecule has 3 atom stereocenters. The molecule has 2 saturated heterocycles. The second kappa shape index (κ2) is 8.31. The minimum Gasteiger partial charge on any atom is -0.339 e. The normalized spacial score (nSPS) is 26.7. The average molecular weight is 371 g/mol. The fourth-order valence-corrected chi connectivity index (χ4v) is 4.66. The largest absolute Gasteiger partial charge is 0.339 e. The van der Waals surface area contributed by atoms with Crippen LogP contribution in [0.1, 0.15) is 35.7 Å². The van der Waals surface area contributed by atoms with Gasteiger partial charge in [-0.2, -0.15) is 0 Å². The van der Waals surface area contributed by atoms with Gasteiger partial charge in [0.2, 0.25) is 5.91 Å². The topological polar surface area (TPSA) is 56.4 Å². The summed E-state index contributed by atoms with van der Waals surface area (Å²) in [6.07, 6.45) is 2.94. The molecule has 26 heavy (non-hydrogen) atoms. The van der Waals surface area contributed by atoms with Crippen LogP contribution in [-0.2, 0) is 11.3 Å². The highest BCUT2D eigenvalue weighted by atomic mass is 32.1. The highest BCUT2D eigenvalue weighted by Gasteiger charge is 2.31. The number of thiophene rings is 1. The average Bonchev–Trinajstić information content (AvgIpc) is 3.34. The molecular formula is C20H26N4OS. The molecule has 2 aromatic rings. The van der Waals surface area contributed by atoms with Gasteiger partial charge in [0.1, 0.15) is 0 Å². The van der Waals surface area contributed by atoms with Crippen molar-refractivity contribution in [1.29, 1.82) is 0 Å². The Morgan fingerprint density at radius 1 is 1.19 bits per heavy atom. The zero-order chi connectivity index (χ0) is 17.8. The number of hydrogen-bond acceptors (Lipinski definition) is 5. The first kappa shape index (κ1) is 17.7. The van der Waals surface area contributed by atoms with Gasteiger partial charge in [0.05, 0.1) is 18.1 Å². The highest BCUT2D eigenvalue weighted by molar-refractivity contribution is 7.10. The molecule has 5 nitrogen and oxygen atoms in total. The number of carbonyl (C=O) groups is 1. The summed E-state index contributed by atoms with van der Waals surface area (Å²) in [5.74, 6) is 0.254. The summed E-state index contributed by atoms with van der Waals surface area (Å²) in [4.78, 5) is 16.4. The van der Waals surface area contributed by atoms with E-state index in [1.807, 2.05) is 6.07 Å². The predicted octanol–water partition coefficient (Wildman–Crippen LogP) is 2.64. The maximum Gasteiger partial charge on any atom is 0.225 e. The van der Waals surface area contributed by atoms with Crippen LogP contribution in [0.2, 0.25) is 0 Å². The van der Waals surface area contributed by atoms with Crippen LogP contribution in [0, 0.1) is 5.92 Å². The molecule has 1 aromatic carbocycles. The minimum atomic E-state index is -0.000833. The van der Waals surface area contributed by atoms with Gasteiger partial charge in [0, 0.05) is 24.4 Å². The Balaban J connectivity index is 1.28. The van der Waals surface area contributed by atoms with Crippen LogP contribution in [0.3, 0.4) is 0 Å². The maximum absolute atomic E-state index is 12.7. The molecule has 4 rings (SSSR count). The van der Waals surface area contributed by atoms with Crippen LogP contribution >= 0.6 is 11.3 Å². The van der Waals surface area contributed by atoms with Crippen LogP contribution in [0.4, 0.5) is 0 Å². The second-order valence-electron chi connectivity index (χ2n) is 7.21. The van der Waals surface area contributed by atoms with Crippen molar-refractivity contribution in [1.82, 2.24) is 21.1 Å². The molecule has 3 unspecified atom stereocenters. The van der Waals surface area contributed by atoms with E-state index in [2.05, 4.69) is 62.8 Å². The van der Waals surface area contributed by atoms with Gasteiger partial charge < -0.3 is 5.32 Å². The van der Waals surface area contributed by atoms with Crippen LogP contribution in [-0.4, -0.2) is 30.1 Å². The first-order chi connectivity index (χ1) is 12.8. The van der Waals surface area contributed by atoms with Crippen LogP contribution in [0.25, 0.3) is 0 Å². The van der Waals surface area contributed by atoms with E-state index in [1.54, 1.807) is 11.3 Å². The number of nitrogens with one attached hydrogen (secondary N) is 3. The van der Waals surface area contributed by atoms with E-state index in [-0.39, 0.29) is 24.0 Å². The van der Waals surface area contributed by atoms with Gasteiger partial charge in [-0.05, 0) is 36.4 Å². The SMILES string of the molecule is O=C(NC1CC(c2cccs2)NN1)C1CCCN(Cc2ccccc2)C1. The van der Waals surface area contributed by atoms with Crippen molar-refractivity contribution in [2.75, 3.05) is 13.1 Å². The summed E-state index contributed by atoms with van der Waals surface area (Å²) in [5, 5.41) is 5.28. The van der Waals surface area contributed by atoms with Crippen LogP contribution < -0.4 is 16.2 Å². The lowest BCUT2D eigenvalue weighted by Gasteiger charge is -2.32. The van der Waals surface area contributed by atoms with Gasteiger partial charge in [-0.25, -0.2) is 10.9 Å². The Morgan fingerprint density at radius 3 is 2.88 bits per heavy atom. The zero-order valence-corrected chi connectivity index (χ0v) is 15.7. The smallest absolute Gasteiger partial charge is 0.225 e. The maximum atomic E-state index is 12.7. The van der Waals surface area contributed by atoms with Crippen molar-refractivity contribution < 1.29 is 4.79 Å². The van der Waals surface area contributed by atoms with Gasteiger partial charge in [-0.3, -0.25) is 9.69 Å². The molecule has 0 spiro atoms. The summed E-state index contributed by atoms with van der Waals surface area (Å²) < 4.78 is 0. The quantitative estimate of drug-likeness (QED) is 0.757. The van der Waals surface area contributed by atoms with Crippen molar-refractivity contribution in [3.63, 3.8) is 0 Å². The van der Waals surface area contributed by atoms with Crippen molar-refractivity contribution in [2.24, 2.45) is 5.92 Å². The Hall–Kier alpha value is -1.73. The van der Waals surface area contributed by atoms with Crippen molar-refractivity contribution in [3.8, 4) is 0 Å². The minimum absolute atomic E-state index is 0.000833. The monoisotopic (exact) mass is 370 g/mol. The number of nitrogens with zero attached hydrogens (tertiary/aromatic N) is 1. The predicted molar refractivity (Wildman–Crippen MR) is 104 cm³/mol. The molecule has 2 fully saturated rings. The molecule has 0 aliphatic carbocycles. The van der Waals surface area contributed by atoms with Gasteiger partial charge in [0.25, 0.3) is 0 Å². The number of hydrogen-bond donors (Lipinski definition) is 3. The summed E-state index contributed by atoms with van der Waals surface area (Å²) in [7, 11) is 0. The number of carbonyl (C=O) groups excluding carboxylic acids is 1. The van der Waals surface area contributed by atoms with Crippen molar-refractivity contribution >= 4 is 17.2 Å². The summed E-state index contributed by atoms with van der Waals surface area (Å²) in [5.41, 5.74) is 7.84. The lowest BCUT2D eigenvalue weighted by atomic mass is 9.96. The first-order valence-electron chi connectivity index (χ1n) is 9.39. The van der Waals surface area contributed by atoms with E-state index < -0.39 is 0 Å². The summed E-state index contributed by atoms with van der Waals surface area (Å²) >= 11 is 1.75.